The topological polar surface area (TPSA) is 42.3 Å². The standard InChI is InChI=1S/C12H22N4O/c1-15(9-12-13-4-5-16(12)2)8-10-6-11(17-3)7-14-10/h4-5,10-11,14H,6-9H2,1-3H3. The fourth-order valence-electron chi connectivity index (χ4n) is 2.33. The lowest BCUT2D eigenvalue weighted by Gasteiger charge is -2.20. The van der Waals surface area contributed by atoms with E-state index in [2.05, 4.69) is 26.8 Å². The van der Waals surface area contributed by atoms with E-state index in [9.17, 15) is 0 Å². The molecule has 1 N–H and O–H groups in total. The number of nitrogens with zero attached hydrogens (tertiary/aromatic N) is 3. The fraction of sp³-hybridized carbons (Fsp3) is 0.750. The first-order chi connectivity index (χ1) is 8.19. The van der Waals surface area contributed by atoms with Gasteiger partial charge in [0, 0.05) is 45.7 Å². The van der Waals surface area contributed by atoms with Crippen LogP contribution in [0.2, 0.25) is 0 Å². The maximum atomic E-state index is 5.35. The summed E-state index contributed by atoms with van der Waals surface area (Å²) in [5.41, 5.74) is 0. The van der Waals surface area contributed by atoms with Crippen molar-refractivity contribution >= 4 is 0 Å². The average Bonchev–Trinajstić information content (AvgIpc) is 2.89. The lowest BCUT2D eigenvalue weighted by Crippen LogP contribution is -2.35. The number of imidazole rings is 1. The maximum Gasteiger partial charge on any atom is 0.122 e. The number of hydrogen-bond acceptors (Lipinski definition) is 4. The molecular formula is C12H22N4O. The van der Waals surface area contributed by atoms with Crippen molar-refractivity contribution in [2.24, 2.45) is 7.05 Å². The van der Waals surface area contributed by atoms with Gasteiger partial charge in [-0.1, -0.05) is 0 Å². The molecule has 0 aliphatic carbocycles. The first kappa shape index (κ1) is 12.5. The Balaban J connectivity index is 1.78. The SMILES string of the molecule is COC1CNC(CN(C)Cc2nccn2C)C1. The number of ether oxygens (including phenoxy) is 1. The molecule has 2 atom stereocenters. The van der Waals surface area contributed by atoms with Gasteiger partial charge in [-0.05, 0) is 13.5 Å². The number of aromatic nitrogens is 2. The molecule has 96 valence electrons. The number of hydrogen-bond donors (Lipinski definition) is 1. The van der Waals surface area contributed by atoms with Crippen molar-refractivity contribution in [1.82, 2.24) is 19.8 Å². The van der Waals surface area contributed by atoms with Crippen LogP contribution in [0.25, 0.3) is 0 Å². The third kappa shape index (κ3) is 3.28. The monoisotopic (exact) mass is 238 g/mol. The molecule has 5 nitrogen and oxygen atoms in total. The van der Waals surface area contributed by atoms with Crippen molar-refractivity contribution in [3.63, 3.8) is 0 Å². The molecule has 0 amide bonds. The highest BCUT2D eigenvalue weighted by Gasteiger charge is 2.24. The highest BCUT2D eigenvalue weighted by Crippen LogP contribution is 2.11. The largest absolute Gasteiger partial charge is 0.380 e. The van der Waals surface area contributed by atoms with E-state index < -0.39 is 0 Å². The van der Waals surface area contributed by atoms with Gasteiger partial charge < -0.3 is 14.6 Å². The Hall–Kier alpha value is -0.910. The minimum Gasteiger partial charge on any atom is -0.380 e. The van der Waals surface area contributed by atoms with Gasteiger partial charge in [-0.25, -0.2) is 4.98 Å². The second-order valence-electron chi connectivity index (χ2n) is 4.85. The normalized spacial score (nSPS) is 24.7. The molecular weight excluding hydrogens is 216 g/mol. The van der Waals surface area contributed by atoms with Crippen molar-refractivity contribution in [1.29, 1.82) is 0 Å². The van der Waals surface area contributed by atoms with E-state index in [0.717, 1.165) is 31.9 Å². The van der Waals surface area contributed by atoms with Gasteiger partial charge in [-0.2, -0.15) is 0 Å². The van der Waals surface area contributed by atoms with Gasteiger partial charge >= 0.3 is 0 Å². The average molecular weight is 238 g/mol. The van der Waals surface area contributed by atoms with Crippen LogP contribution >= 0.6 is 0 Å². The molecule has 1 aliphatic heterocycles. The lowest BCUT2D eigenvalue weighted by molar-refractivity contribution is 0.116. The molecule has 1 saturated heterocycles. The highest BCUT2D eigenvalue weighted by atomic mass is 16.5. The number of methoxy groups -OCH3 is 1. The van der Waals surface area contributed by atoms with Gasteiger partial charge in [0.2, 0.25) is 0 Å². The summed E-state index contributed by atoms with van der Waals surface area (Å²) in [6, 6.07) is 0.533. The molecule has 17 heavy (non-hydrogen) atoms. The van der Waals surface area contributed by atoms with Gasteiger partial charge in [0.15, 0.2) is 0 Å². The Kier molecular flexibility index (Phi) is 4.15. The number of nitrogens with one attached hydrogen (secondary N) is 1. The van der Waals surface area contributed by atoms with Gasteiger partial charge in [0.25, 0.3) is 0 Å². The summed E-state index contributed by atoms with van der Waals surface area (Å²) in [6.45, 7) is 2.89. The van der Waals surface area contributed by atoms with Crippen LogP contribution in [0.5, 0.6) is 0 Å². The fourth-order valence-corrected chi connectivity index (χ4v) is 2.33. The zero-order chi connectivity index (χ0) is 12.3. The maximum absolute atomic E-state index is 5.35. The summed E-state index contributed by atoms with van der Waals surface area (Å²) in [5.74, 6) is 1.11. The van der Waals surface area contributed by atoms with Gasteiger partial charge in [-0.3, -0.25) is 4.90 Å². The molecule has 5 heteroatoms. The quantitative estimate of drug-likeness (QED) is 0.797. The van der Waals surface area contributed by atoms with E-state index in [-0.39, 0.29) is 0 Å². The summed E-state index contributed by atoms with van der Waals surface area (Å²) in [4.78, 5) is 6.64. The molecule has 0 saturated carbocycles. The molecule has 0 bridgehead atoms. The summed E-state index contributed by atoms with van der Waals surface area (Å²) in [5, 5.41) is 3.49. The molecule has 1 aromatic heterocycles. The predicted molar refractivity (Wildman–Crippen MR) is 66.7 cm³/mol. The highest BCUT2D eigenvalue weighted by molar-refractivity contribution is 4.91. The van der Waals surface area contributed by atoms with Crippen LogP contribution in [0.15, 0.2) is 12.4 Å². The summed E-state index contributed by atoms with van der Waals surface area (Å²) in [7, 11) is 5.95. The van der Waals surface area contributed by atoms with Crippen LogP contribution in [0.1, 0.15) is 12.2 Å². The van der Waals surface area contributed by atoms with Crippen LogP contribution in [0.3, 0.4) is 0 Å². The Morgan fingerprint density at radius 1 is 1.65 bits per heavy atom. The first-order valence-corrected chi connectivity index (χ1v) is 6.10. The second kappa shape index (κ2) is 5.62. The molecule has 1 aromatic rings. The van der Waals surface area contributed by atoms with E-state index >= 15 is 0 Å². The molecule has 1 fully saturated rings. The summed E-state index contributed by atoms with van der Waals surface area (Å²) in [6.07, 6.45) is 5.30. The minimum absolute atomic E-state index is 0.376. The Labute approximate surface area is 103 Å². The molecule has 2 heterocycles. The predicted octanol–water partition coefficient (Wildman–Crippen LogP) is 0.229. The second-order valence-corrected chi connectivity index (χ2v) is 4.85. The number of aryl methyl sites for hydroxylation is 1. The lowest BCUT2D eigenvalue weighted by atomic mass is 10.2. The van der Waals surface area contributed by atoms with Crippen LogP contribution < -0.4 is 5.32 Å². The van der Waals surface area contributed by atoms with Crippen LogP contribution in [-0.2, 0) is 18.3 Å². The Morgan fingerprint density at radius 3 is 3.06 bits per heavy atom. The van der Waals surface area contributed by atoms with Crippen molar-refractivity contribution in [2.45, 2.75) is 25.1 Å². The number of rotatable bonds is 5. The number of likely N-dealkylation sites (N-methyl/N-ethyl adjacent to an activating group) is 1. The molecule has 1 aliphatic rings. The van der Waals surface area contributed by atoms with Crippen molar-refractivity contribution in [3.8, 4) is 0 Å². The summed E-state index contributed by atoms with van der Waals surface area (Å²) < 4.78 is 7.42. The third-order valence-electron chi connectivity index (χ3n) is 3.38. The minimum atomic E-state index is 0.376. The third-order valence-corrected chi connectivity index (χ3v) is 3.38. The van der Waals surface area contributed by atoms with E-state index in [0.29, 0.717) is 12.1 Å². The van der Waals surface area contributed by atoms with Crippen LogP contribution in [-0.4, -0.2) is 53.8 Å². The first-order valence-electron chi connectivity index (χ1n) is 6.10. The van der Waals surface area contributed by atoms with Crippen molar-refractivity contribution < 1.29 is 4.74 Å². The Bertz CT molecular complexity index is 352. The van der Waals surface area contributed by atoms with Crippen molar-refractivity contribution in [3.05, 3.63) is 18.2 Å². The van der Waals surface area contributed by atoms with Gasteiger partial charge in [0.1, 0.15) is 5.82 Å². The van der Waals surface area contributed by atoms with E-state index in [1.54, 1.807) is 7.11 Å². The van der Waals surface area contributed by atoms with Crippen LogP contribution in [0.4, 0.5) is 0 Å². The van der Waals surface area contributed by atoms with Crippen LogP contribution in [0, 0.1) is 0 Å². The van der Waals surface area contributed by atoms with Gasteiger partial charge in [-0.15, -0.1) is 0 Å². The molecule has 0 radical (unpaired) electrons. The van der Waals surface area contributed by atoms with Gasteiger partial charge in [0.05, 0.1) is 12.6 Å². The molecule has 0 spiro atoms. The zero-order valence-corrected chi connectivity index (χ0v) is 10.9. The zero-order valence-electron chi connectivity index (χ0n) is 10.9. The summed E-state index contributed by atoms with van der Waals surface area (Å²) >= 11 is 0. The smallest absolute Gasteiger partial charge is 0.122 e. The molecule has 2 rings (SSSR count). The van der Waals surface area contributed by atoms with E-state index in [1.165, 1.54) is 0 Å². The van der Waals surface area contributed by atoms with E-state index in [1.807, 2.05) is 19.4 Å². The molecule has 0 aromatic carbocycles. The molecule has 2 unspecified atom stereocenters. The van der Waals surface area contributed by atoms with Crippen molar-refractivity contribution in [2.75, 3.05) is 27.2 Å². The van der Waals surface area contributed by atoms with E-state index in [4.69, 9.17) is 4.74 Å². The Morgan fingerprint density at radius 2 is 2.47 bits per heavy atom.